The number of rotatable bonds is 11. The van der Waals surface area contributed by atoms with Gasteiger partial charge in [-0.25, -0.2) is 5.01 Å². The van der Waals surface area contributed by atoms with Crippen molar-refractivity contribution in [2.45, 2.75) is 75.5 Å². The minimum atomic E-state index is -2.93. The van der Waals surface area contributed by atoms with Gasteiger partial charge in [0.05, 0.1) is 48.0 Å². The van der Waals surface area contributed by atoms with Crippen LogP contribution in [0.3, 0.4) is 0 Å². The third-order valence-electron chi connectivity index (χ3n) is 11.5. The van der Waals surface area contributed by atoms with Crippen molar-refractivity contribution in [2.75, 3.05) is 16.5 Å². The highest BCUT2D eigenvalue weighted by atomic mass is 35.5. The summed E-state index contributed by atoms with van der Waals surface area (Å²) in [7, 11) is -2.93. The summed E-state index contributed by atoms with van der Waals surface area (Å²) in [6, 6.07) is 32.6. The number of aliphatic hydroxyl groups is 1. The Morgan fingerprint density at radius 3 is 2.45 bits per heavy atom. The number of carbonyl (C=O) groups is 2. The number of aromatic nitrogens is 3. The zero-order chi connectivity index (χ0) is 39.2. The summed E-state index contributed by atoms with van der Waals surface area (Å²) >= 11 is 6.64. The van der Waals surface area contributed by atoms with Crippen LogP contribution in [0.1, 0.15) is 60.1 Å². The van der Waals surface area contributed by atoms with Gasteiger partial charge in [0.2, 0.25) is 5.91 Å². The Kier molecular flexibility index (Phi) is 10.3. The normalized spacial score (nSPS) is 22.8. The lowest BCUT2D eigenvalue weighted by molar-refractivity contribution is -0.146. The summed E-state index contributed by atoms with van der Waals surface area (Å²) in [6.07, 6.45) is 2.76. The molecule has 5 atom stereocenters. The van der Waals surface area contributed by atoms with Crippen LogP contribution in [0.15, 0.2) is 114 Å². The average molecular weight is 789 g/mol. The van der Waals surface area contributed by atoms with Gasteiger partial charge in [-0.1, -0.05) is 96.5 Å². The molecule has 1 saturated heterocycles. The highest BCUT2D eigenvalue weighted by Gasteiger charge is 2.66. The molecule has 0 radical (unpaired) electrons. The van der Waals surface area contributed by atoms with Gasteiger partial charge in [-0.3, -0.25) is 14.3 Å². The molecular formula is C43H45ClN6O5Si. The molecule has 0 bridgehead atoms. The van der Waals surface area contributed by atoms with Gasteiger partial charge in [0.1, 0.15) is 0 Å². The van der Waals surface area contributed by atoms with Crippen LogP contribution in [0, 0.1) is 5.92 Å². The van der Waals surface area contributed by atoms with E-state index in [1.807, 2.05) is 123 Å². The number of ether oxygens (including phenoxy) is 1. The number of aliphatic hydroxyl groups excluding tert-OH is 1. The predicted octanol–water partition coefficient (Wildman–Crippen LogP) is 7.02. The summed E-state index contributed by atoms with van der Waals surface area (Å²) in [6.45, 7) is 6.36. The average Bonchev–Trinajstić information content (AvgIpc) is 3.85. The minimum Gasteiger partial charge on any atom is -0.432 e. The van der Waals surface area contributed by atoms with E-state index in [0.717, 1.165) is 22.4 Å². The topological polar surface area (TPSA) is 133 Å². The Balaban J connectivity index is 1.07. The van der Waals surface area contributed by atoms with E-state index >= 15 is 4.79 Å². The Morgan fingerprint density at radius 2 is 1.71 bits per heavy atom. The van der Waals surface area contributed by atoms with Crippen molar-refractivity contribution in [3.8, 4) is 0 Å². The van der Waals surface area contributed by atoms with Gasteiger partial charge in [-0.2, -0.15) is 5.10 Å². The van der Waals surface area contributed by atoms with Gasteiger partial charge in [0.15, 0.2) is 13.9 Å². The number of benzene rings is 4. The summed E-state index contributed by atoms with van der Waals surface area (Å²) < 4.78 is 8.77. The molecule has 2 N–H and O–H groups in total. The molecule has 3 aliphatic heterocycles. The molecule has 4 aromatic carbocycles. The van der Waals surface area contributed by atoms with Gasteiger partial charge >= 0.3 is 0 Å². The first-order valence-corrected chi connectivity index (χ1v) is 22.5. The van der Waals surface area contributed by atoms with E-state index in [0.29, 0.717) is 53.5 Å². The van der Waals surface area contributed by atoms with Crippen LogP contribution in [-0.2, 0) is 33.0 Å². The van der Waals surface area contributed by atoms with Crippen LogP contribution in [0.4, 0.5) is 11.4 Å². The van der Waals surface area contributed by atoms with E-state index < -0.39 is 20.0 Å². The Labute approximate surface area is 332 Å². The third-order valence-corrected chi connectivity index (χ3v) is 14.3. The van der Waals surface area contributed by atoms with Gasteiger partial charge < -0.3 is 19.5 Å². The maximum Gasteiger partial charge on any atom is 0.264 e. The number of aryl methyl sites for hydroxylation is 1. The lowest BCUT2D eigenvalue weighted by Gasteiger charge is -2.32. The third kappa shape index (κ3) is 6.90. The second-order valence-electron chi connectivity index (χ2n) is 15.5. The number of nitrogens with zero attached hydrogens (tertiary/aromatic N) is 6. The van der Waals surface area contributed by atoms with Gasteiger partial charge in [0, 0.05) is 47.6 Å². The van der Waals surface area contributed by atoms with E-state index in [4.69, 9.17) is 21.4 Å². The first kappa shape index (κ1) is 37.9. The van der Waals surface area contributed by atoms with E-state index in [-0.39, 0.29) is 42.3 Å². The zero-order valence-corrected chi connectivity index (χ0v) is 33.4. The fraction of sp³-hybridized carbons (Fsp3) is 0.326. The molecule has 1 unspecified atom stereocenters. The molecule has 1 aromatic heterocycles. The molecule has 0 aliphatic carbocycles. The van der Waals surface area contributed by atoms with Gasteiger partial charge in [-0.05, 0) is 66.5 Å². The molecular weight excluding hydrogens is 744 g/mol. The van der Waals surface area contributed by atoms with E-state index in [9.17, 15) is 14.7 Å². The lowest BCUT2D eigenvalue weighted by Crippen LogP contribution is -2.46. The molecule has 5 aromatic rings. The molecule has 11 nitrogen and oxygen atoms in total. The molecule has 288 valence electrons. The predicted molar refractivity (Wildman–Crippen MR) is 218 cm³/mol. The lowest BCUT2D eigenvalue weighted by atomic mass is 9.82. The first-order valence-electron chi connectivity index (χ1n) is 19.1. The summed E-state index contributed by atoms with van der Waals surface area (Å²) in [5, 5.41) is 25.7. The molecule has 4 heterocycles. The summed E-state index contributed by atoms with van der Waals surface area (Å²) in [5.41, 5.74) is 4.59. The molecule has 56 heavy (non-hydrogen) atoms. The van der Waals surface area contributed by atoms with Crippen molar-refractivity contribution in [1.82, 2.24) is 15.0 Å². The first-order chi connectivity index (χ1) is 27.0. The molecule has 0 saturated carbocycles. The maximum absolute atomic E-state index is 15.0. The number of hydrogen-bond acceptors (Lipinski definition) is 8. The van der Waals surface area contributed by atoms with Crippen molar-refractivity contribution in [3.63, 3.8) is 0 Å². The summed E-state index contributed by atoms with van der Waals surface area (Å²) in [5.74, 6) is -0.990. The number of hydrogen-bond donors (Lipinski definition) is 2. The SMILES string of the molecule is C[C@H]1[C@H]([Si](C)(C)O)[C@@H](CCn2cc(C(CO)c3ccccc3)nn2)O[C@]12C(=O)N(Cc1cccc(N3N=C(c4ccccc4)CCC3=O)c1)c1ccc(Cl)cc12. The largest absolute Gasteiger partial charge is 0.432 e. The van der Waals surface area contributed by atoms with Crippen molar-refractivity contribution < 1.29 is 24.2 Å². The Morgan fingerprint density at radius 1 is 0.964 bits per heavy atom. The monoisotopic (exact) mass is 788 g/mol. The number of amides is 2. The highest BCUT2D eigenvalue weighted by molar-refractivity contribution is 6.71. The van der Waals surface area contributed by atoms with Crippen LogP contribution in [0.5, 0.6) is 0 Å². The fourth-order valence-electron chi connectivity index (χ4n) is 8.93. The van der Waals surface area contributed by atoms with E-state index in [1.165, 1.54) is 5.01 Å². The van der Waals surface area contributed by atoms with Crippen molar-refractivity contribution in [3.05, 3.63) is 142 Å². The van der Waals surface area contributed by atoms with Crippen LogP contribution in [0.2, 0.25) is 23.7 Å². The number of halogens is 1. The number of fused-ring (bicyclic) bond motifs is 2. The number of carbonyl (C=O) groups excluding carboxylic acids is 2. The van der Waals surface area contributed by atoms with Crippen LogP contribution in [0.25, 0.3) is 0 Å². The second-order valence-corrected chi connectivity index (χ2v) is 20.0. The number of anilines is 2. The molecule has 2 amide bonds. The Hall–Kier alpha value is -4.98. The molecule has 1 fully saturated rings. The van der Waals surface area contributed by atoms with Crippen molar-refractivity contribution in [1.29, 1.82) is 0 Å². The van der Waals surface area contributed by atoms with Gasteiger partial charge in [0.25, 0.3) is 5.91 Å². The van der Waals surface area contributed by atoms with Gasteiger partial charge in [-0.15, -0.1) is 5.10 Å². The van der Waals surface area contributed by atoms with Crippen molar-refractivity contribution >= 4 is 48.8 Å². The quantitative estimate of drug-likeness (QED) is 0.138. The molecule has 1 spiro atoms. The van der Waals surface area contributed by atoms with Crippen molar-refractivity contribution in [2.24, 2.45) is 11.0 Å². The summed E-state index contributed by atoms with van der Waals surface area (Å²) in [4.78, 5) is 41.7. The second kappa shape index (κ2) is 15.2. The smallest absolute Gasteiger partial charge is 0.264 e. The zero-order valence-electron chi connectivity index (χ0n) is 31.6. The molecule has 13 heteroatoms. The molecule has 8 rings (SSSR count). The minimum absolute atomic E-state index is 0.0920. The standard InChI is InChI=1S/C43H45ClN6O5Si/c1-28-41(56(2,3)54)39(21-22-48-26-37(45-47-48)34(27-51)30-12-6-4-7-13-30)55-43(28)35-24-32(44)17-19-38(35)49(42(43)53)25-29-11-10-16-33(23-29)50-40(52)20-18-36(46-50)31-14-8-5-9-15-31/h4-17,19,23-24,26,28,34,39,41,51,54H,18,20-22,25,27H2,1-3H3/t28-,34?,39+,41-,43+/m0/s1. The highest BCUT2D eigenvalue weighted by Crippen LogP contribution is 2.60. The van der Waals surface area contributed by atoms with Crippen LogP contribution >= 0.6 is 11.6 Å². The Bertz CT molecular complexity index is 2280. The van der Waals surface area contributed by atoms with E-state index in [1.54, 1.807) is 15.6 Å². The maximum atomic E-state index is 15.0. The van der Waals surface area contributed by atoms with E-state index in [2.05, 4.69) is 10.3 Å². The number of hydrazone groups is 1. The van der Waals surface area contributed by atoms with Crippen LogP contribution in [-0.4, -0.2) is 63.5 Å². The van der Waals surface area contributed by atoms with Crippen LogP contribution < -0.4 is 9.91 Å². The molecule has 3 aliphatic rings. The fourth-order valence-corrected chi connectivity index (χ4v) is 11.7.